The zero-order chi connectivity index (χ0) is 22.6. The Morgan fingerprint density at radius 3 is 2.58 bits per heavy atom. The molecule has 2 aromatic rings. The normalized spacial score (nSPS) is 14.9. The van der Waals surface area contributed by atoms with Crippen molar-refractivity contribution in [3.8, 4) is 0 Å². The largest absolute Gasteiger partial charge is 0.465 e. The molecule has 12 heteroatoms. The van der Waals surface area contributed by atoms with Crippen LogP contribution < -0.4 is 4.80 Å². The van der Waals surface area contributed by atoms with Gasteiger partial charge in [0, 0.05) is 13.1 Å². The third kappa shape index (κ3) is 5.97. The van der Waals surface area contributed by atoms with Gasteiger partial charge in [-0.25, -0.2) is 12.8 Å². The predicted molar refractivity (Wildman–Crippen MR) is 111 cm³/mol. The number of nitrogens with zero attached hydrogens (tertiary/aromatic N) is 3. The lowest BCUT2D eigenvalue weighted by atomic mass is 10.3. The van der Waals surface area contributed by atoms with Crippen molar-refractivity contribution in [2.45, 2.75) is 26.3 Å². The van der Waals surface area contributed by atoms with Crippen LogP contribution in [-0.4, -0.2) is 66.9 Å². The third-order valence-corrected chi connectivity index (χ3v) is 7.02. The van der Waals surface area contributed by atoms with Gasteiger partial charge in [-0.2, -0.15) is 4.99 Å². The van der Waals surface area contributed by atoms with Crippen LogP contribution in [-0.2, 0) is 35.5 Å². The predicted octanol–water partition coefficient (Wildman–Crippen LogP) is 0.869. The molecule has 1 aromatic carbocycles. The lowest BCUT2D eigenvalue weighted by Crippen LogP contribution is -2.35. The summed E-state index contributed by atoms with van der Waals surface area (Å²) in [6.07, 6.45) is 1.65. The van der Waals surface area contributed by atoms with Gasteiger partial charge < -0.3 is 14.2 Å². The Morgan fingerprint density at radius 2 is 1.90 bits per heavy atom. The van der Waals surface area contributed by atoms with Crippen LogP contribution >= 0.6 is 11.3 Å². The molecule has 168 valence electrons. The van der Waals surface area contributed by atoms with Crippen LogP contribution in [0.15, 0.2) is 23.2 Å². The van der Waals surface area contributed by atoms with E-state index in [1.807, 2.05) is 0 Å². The molecule has 0 radical (unpaired) electrons. The summed E-state index contributed by atoms with van der Waals surface area (Å²) in [5, 5.41) is 0. The highest BCUT2D eigenvalue weighted by atomic mass is 32.2. The second-order valence-corrected chi connectivity index (χ2v) is 10.1. The number of rotatable bonds is 7. The number of sulfone groups is 1. The first-order chi connectivity index (χ1) is 14.7. The Kier molecular flexibility index (Phi) is 7.21. The zero-order valence-corrected chi connectivity index (χ0v) is 18.5. The maximum atomic E-state index is 13.6. The first kappa shape index (κ1) is 23.1. The minimum atomic E-state index is -4.01. The summed E-state index contributed by atoms with van der Waals surface area (Å²) < 4.78 is 44.9. The molecule has 1 aliphatic rings. The maximum absolute atomic E-state index is 13.6. The Balaban J connectivity index is 1.85. The number of esters is 1. The molecular weight excluding hydrogens is 449 g/mol. The molecule has 2 heterocycles. The number of amides is 2. The second-order valence-electron chi connectivity index (χ2n) is 7.01. The third-order valence-electron chi connectivity index (χ3n) is 4.60. The summed E-state index contributed by atoms with van der Waals surface area (Å²) in [7, 11) is -4.01. The summed E-state index contributed by atoms with van der Waals surface area (Å²) in [5.74, 6) is -4.27. The van der Waals surface area contributed by atoms with E-state index in [2.05, 4.69) is 4.99 Å². The molecule has 1 aliphatic heterocycles. The van der Waals surface area contributed by atoms with Crippen LogP contribution in [0.25, 0.3) is 10.2 Å². The minimum Gasteiger partial charge on any atom is -0.465 e. The van der Waals surface area contributed by atoms with Crippen molar-refractivity contribution >= 4 is 49.2 Å². The Bertz CT molecular complexity index is 1180. The number of aromatic nitrogens is 1. The van der Waals surface area contributed by atoms with Crippen molar-refractivity contribution in [3.63, 3.8) is 0 Å². The highest BCUT2D eigenvalue weighted by Crippen LogP contribution is 2.19. The standard InChI is InChI=1S/C19H22FN3O6S2/c1-2-29-18(26)10-23-14-6-5-13(20)9-15(14)30-19(23)21-16(24)11-31(27,28)12-17(25)22-7-3-4-8-22/h5-6,9H,2-4,7-8,10-12H2,1H3. The van der Waals surface area contributed by atoms with Gasteiger partial charge in [0.2, 0.25) is 5.91 Å². The SMILES string of the molecule is CCOC(=O)Cn1c(=NC(=O)CS(=O)(=O)CC(=O)N2CCCC2)sc2cc(F)ccc21. The van der Waals surface area contributed by atoms with E-state index >= 15 is 0 Å². The van der Waals surface area contributed by atoms with E-state index in [0.717, 1.165) is 24.2 Å². The number of halogens is 1. The molecule has 3 rings (SSSR count). The van der Waals surface area contributed by atoms with Gasteiger partial charge >= 0.3 is 5.97 Å². The zero-order valence-electron chi connectivity index (χ0n) is 16.9. The van der Waals surface area contributed by atoms with Gasteiger partial charge in [0.05, 0.1) is 16.8 Å². The monoisotopic (exact) mass is 471 g/mol. The number of ether oxygens (including phenoxy) is 1. The summed E-state index contributed by atoms with van der Waals surface area (Å²) in [5.41, 5.74) is 0.457. The van der Waals surface area contributed by atoms with Crippen LogP contribution in [0.4, 0.5) is 4.39 Å². The summed E-state index contributed by atoms with van der Waals surface area (Å²) in [6.45, 7) is 2.56. The number of thiazole rings is 1. The number of carbonyl (C=O) groups is 3. The molecule has 0 unspecified atom stereocenters. The quantitative estimate of drug-likeness (QED) is 0.554. The molecule has 1 aromatic heterocycles. The molecule has 0 bridgehead atoms. The molecule has 31 heavy (non-hydrogen) atoms. The molecule has 9 nitrogen and oxygen atoms in total. The molecule has 0 aliphatic carbocycles. The van der Waals surface area contributed by atoms with Crippen LogP contribution in [0.3, 0.4) is 0 Å². The highest BCUT2D eigenvalue weighted by Gasteiger charge is 2.26. The second kappa shape index (κ2) is 9.69. The van der Waals surface area contributed by atoms with Gasteiger partial charge in [-0.1, -0.05) is 11.3 Å². The molecule has 1 saturated heterocycles. The average Bonchev–Trinajstić information content (AvgIpc) is 3.30. The summed E-state index contributed by atoms with van der Waals surface area (Å²) >= 11 is 0.944. The van der Waals surface area contributed by atoms with Crippen molar-refractivity contribution in [1.82, 2.24) is 9.47 Å². The van der Waals surface area contributed by atoms with Crippen molar-refractivity contribution in [2.24, 2.45) is 4.99 Å². The van der Waals surface area contributed by atoms with Crippen LogP contribution in [0.1, 0.15) is 19.8 Å². The topological polar surface area (TPSA) is 115 Å². The van der Waals surface area contributed by atoms with Crippen molar-refractivity contribution in [3.05, 3.63) is 28.8 Å². The van der Waals surface area contributed by atoms with Gasteiger partial charge in [0.15, 0.2) is 14.6 Å². The number of hydrogen-bond acceptors (Lipinski definition) is 7. The summed E-state index contributed by atoms with van der Waals surface area (Å²) in [4.78, 5) is 41.8. The number of benzene rings is 1. The van der Waals surface area contributed by atoms with Crippen LogP contribution in [0.2, 0.25) is 0 Å². The maximum Gasteiger partial charge on any atom is 0.326 e. The molecule has 0 atom stereocenters. The lowest BCUT2D eigenvalue weighted by Gasteiger charge is -2.14. The number of fused-ring (bicyclic) bond motifs is 1. The van der Waals surface area contributed by atoms with E-state index in [1.54, 1.807) is 6.92 Å². The van der Waals surface area contributed by atoms with Gasteiger partial charge in [0.1, 0.15) is 23.9 Å². The average molecular weight is 472 g/mol. The molecule has 0 N–H and O–H groups in total. The van der Waals surface area contributed by atoms with Crippen molar-refractivity contribution < 1.29 is 31.9 Å². The van der Waals surface area contributed by atoms with Gasteiger partial charge in [-0.05, 0) is 38.0 Å². The van der Waals surface area contributed by atoms with E-state index in [9.17, 15) is 27.2 Å². The fraction of sp³-hybridized carbons (Fsp3) is 0.474. The van der Waals surface area contributed by atoms with Crippen molar-refractivity contribution in [1.29, 1.82) is 0 Å². The van der Waals surface area contributed by atoms with Crippen LogP contribution in [0, 0.1) is 5.82 Å². The Hall–Kier alpha value is -2.60. The summed E-state index contributed by atoms with van der Waals surface area (Å²) in [6, 6.07) is 3.88. The van der Waals surface area contributed by atoms with E-state index in [4.69, 9.17) is 4.74 Å². The van der Waals surface area contributed by atoms with E-state index in [0.29, 0.717) is 23.3 Å². The Labute approximate surface area is 182 Å². The van der Waals surface area contributed by atoms with E-state index in [1.165, 1.54) is 27.7 Å². The first-order valence-corrected chi connectivity index (χ1v) is 12.3. The fourth-order valence-electron chi connectivity index (χ4n) is 3.24. The molecule has 0 spiro atoms. The van der Waals surface area contributed by atoms with Gasteiger partial charge in [0.25, 0.3) is 5.91 Å². The van der Waals surface area contributed by atoms with E-state index < -0.39 is 44.9 Å². The molecule has 1 fully saturated rings. The van der Waals surface area contributed by atoms with Gasteiger partial charge in [-0.3, -0.25) is 14.4 Å². The fourth-order valence-corrected chi connectivity index (χ4v) is 5.42. The van der Waals surface area contributed by atoms with Gasteiger partial charge in [-0.15, -0.1) is 0 Å². The number of hydrogen-bond donors (Lipinski definition) is 0. The molecular formula is C19H22FN3O6S2. The Morgan fingerprint density at radius 1 is 1.19 bits per heavy atom. The van der Waals surface area contributed by atoms with Crippen molar-refractivity contribution in [2.75, 3.05) is 31.2 Å². The van der Waals surface area contributed by atoms with Crippen LogP contribution in [0.5, 0.6) is 0 Å². The first-order valence-electron chi connectivity index (χ1n) is 9.69. The molecule has 2 amide bonds. The smallest absolute Gasteiger partial charge is 0.326 e. The lowest BCUT2D eigenvalue weighted by molar-refractivity contribution is -0.143. The number of likely N-dealkylation sites (tertiary alicyclic amines) is 1. The minimum absolute atomic E-state index is 0.0414. The highest BCUT2D eigenvalue weighted by molar-refractivity contribution is 7.92. The molecule has 0 saturated carbocycles. The number of carbonyl (C=O) groups excluding carboxylic acids is 3. The van der Waals surface area contributed by atoms with E-state index in [-0.39, 0.29) is 18.0 Å².